The van der Waals surface area contributed by atoms with Gasteiger partial charge in [-0.15, -0.1) is 10.2 Å². The molecule has 1 atom stereocenters. The second-order valence-electron chi connectivity index (χ2n) is 6.09. The molecule has 24 heavy (non-hydrogen) atoms. The number of nitrogens with one attached hydrogen (secondary N) is 1. The molecule has 122 valence electrons. The molecule has 3 heterocycles. The minimum atomic E-state index is 0.173. The van der Waals surface area contributed by atoms with Crippen molar-refractivity contribution in [3.05, 3.63) is 48.4 Å². The maximum Gasteiger partial charge on any atom is 0.227 e. The summed E-state index contributed by atoms with van der Waals surface area (Å²) in [6, 6.07) is 11.8. The van der Waals surface area contributed by atoms with Crippen molar-refractivity contribution in [3.63, 3.8) is 0 Å². The molecule has 0 saturated carbocycles. The van der Waals surface area contributed by atoms with Gasteiger partial charge in [0, 0.05) is 31.1 Å². The summed E-state index contributed by atoms with van der Waals surface area (Å²) in [6.07, 6.45) is 2.14. The van der Waals surface area contributed by atoms with E-state index in [9.17, 15) is 4.79 Å². The fourth-order valence-electron chi connectivity index (χ4n) is 3.11. The van der Waals surface area contributed by atoms with Crippen molar-refractivity contribution in [2.24, 2.45) is 5.92 Å². The van der Waals surface area contributed by atoms with Crippen LogP contribution in [-0.2, 0) is 4.79 Å². The molecule has 0 aliphatic carbocycles. The first-order chi connectivity index (χ1) is 11.7. The van der Waals surface area contributed by atoms with Gasteiger partial charge in [0.2, 0.25) is 11.6 Å². The number of benzene rings is 1. The van der Waals surface area contributed by atoms with E-state index in [1.807, 2.05) is 48.2 Å². The Hall–Kier alpha value is -2.96. The first-order valence-electron chi connectivity index (χ1n) is 7.97. The summed E-state index contributed by atoms with van der Waals surface area (Å²) in [6.45, 7) is 3.37. The van der Waals surface area contributed by atoms with Crippen LogP contribution in [0.4, 0.5) is 11.4 Å². The maximum atomic E-state index is 12.3. The summed E-state index contributed by atoms with van der Waals surface area (Å²) in [4.78, 5) is 14.1. The Morgan fingerprint density at radius 2 is 2.12 bits per heavy atom. The quantitative estimate of drug-likeness (QED) is 0.794. The number of hydrogen-bond donors (Lipinski definition) is 1. The van der Waals surface area contributed by atoms with Crippen LogP contribution in [0.1, 0.15) is 12.1 Å². The highest BCUT2D eigenvalue weighted by Crippen LogP contribution is 2.25. The Morgan fingerprint density at radius 3 is 2.96 bits per heavy atom. The average Bonchev–Trinajstić information content (AvgIpc) is 3.19. The number of anilines is 2. The Labute approximate surface area is 139 Å². The summed E-state index contributed by atoms with van der Waals surface area (Å²) < 4.78 is 1.66. The van der Waals surface area contributed by atoms with Crippen LogP contribution in [0.15, 0.2) is 42.7 Å². The molecule has 0 radical (unpaired) electrons. The van der Waals surface area contributed by atoms with Gasteiger partial charge in [-0.25, -0.2) is 0 Å². The number of nitrogens with zero attached hydrogens (tertiary/aromatic N) is 5. The van der Waals surface area contributed by atoms with Gasteiger partial charge in [-0.05, 0) is 25.1 Å². The van der Waals surface area contributed by atoms with E-state index in [1.54, 1.807) is 10.8 Å². The van der Waals surface area contributed by atoms with Gasteiger partial charge in [-0.1, -0.05) is 18.2 Å². The summed E-state index contributed by atoms with van der Waals surface area (Å²) >= 11 is 0. The Morgan fingerprint density at radius 1 is 1.29 bits per heavy atom. The first-order valence-corrected chi connectivity index (χ1v) is 7.97. The van der Waals surface area contributed by atoms with Crippen molar-refractivity contribution in [1.82, 2.24) is 19.8 Å². The molecule has 1 fully saturated rings. The lowest BCUT2D eigenvalue weighted by Gasteiger charge is -2.17. The van der Waals surface area contributed by atoms with E-state index in [2.05, 4.69) is 20.6 Å². The van der Waals surface area contributed by atoms with E-state index in [0.29, 0.717) is 18.6 Å². The fraction of sp³-hybridized carbons (Fsp3) is 0.294. The van der Waals surface area contributed by atoms with Gasteiger partial charge in [0.15, 0.2) is 0 Å². The van der Waals surface area contributed by atoms with Gasteiger partial charge in [0.25, 0.3) is 0 Å². The van der Waals surface area contributed by atoms with Crippen molar-refractivity contribution in [1.29, 1.82) is 0 Å². The maximum absolute atomic E-state index is 12.3. The molecule has 1 saturated heterocycles. The SMILES string of the molecule is Cc1cc(NCC2CC(=O)N(c3ccccc3)C2)c2nncn2n1. The molecule has 7 heteroatoms. The number of rotatable bonds is 4. The molecule has 1 aliphatic heterocycles. The average molecular weight is 322 g/mol. The highest BCUT2D eigenvalue weighted by atomic mass is 16.2. The van der Waals surface area contributed by atoms with Gasteiger partial charge >= 0.3 is 0 Å². The third kappa shape index (κ3) is 2.68. The molecule has 2 aromatic heterocycles. The van der Waals surface area contributed by atoms with Crippen LogP contribution in [0, 0.1) is 12.8 Å². The van der Waals surface area contributed by atoms with Crippen molar-refractivity contribution >= 4 is 22.9 Å². The Kier molecular flexibility index (Phi) is 3.60. The Bertz CT molecular complexity index is 875. The molecule has 4 rings (SSSR count). The summed E-state index contributed by atoms with van der Waals surface area (Å²) in [5.74, 6) is 0.431. The van der Waals surface area contributed by atoms with E-state index in [-0.39, 0.29) is 11.8 Å². The van der Waals surface area contributed by atoms with Crippen molar-refractivity contribution in [2.45, 2.75) is 13.3 Å². The molecule has 0 bridgehead atoms. The number of carbonyl (C=O) groups excluding carboxylic acids is 1. The lowest BCUT2D eigenvalue weighted by molar-refractivity contribution is -0.117. The number of hydrogen-bond acceptors (Lipinski definition) is 5. The van der Waals surface area contributed by atoms with Crippen LogP contribution in [0.25, 0.3) is 5.65 Å². The number of para-hydroxylation sites is 1. The number of fused-ring (bicyclic) bond motifs is 1. The molecule has 1 unspecified atom stereocenters. The second-order valence-corrected chi connectivity index (χ2v) is 6.09. The molecule has 1 amide bonds. The molecular formula is C17H18N6O. The molecule has 7 nitrogen and oxygen atoms in total. The van der Waals surface area contributed by atoms with Crippen LogP contribution in [-0.4, -0.2) is 38.8 Å². The van der Waals surface area contributed by atoms with Crippen LogP contribution >= 0.6 is 0 Å². The predicted molar refractivity (Wildman–Crippen MR) is 90.9 cm³/mol. The third-order valence-corrected chi connectivity index (χ3v) is 4.24. The molecular weight excluding hydrogens is 304 g/mol. The van der Waals surface area contributed by atoms with Gasteiger partial charge in [-0.2, -0.15) is 9.61 Å². The van der Waals surface area contributed by atoms with E-state index in [0.717, 1.165) is 23.6 Å². The number of aromatic nitrogens is 4. The largest absolute Gasteiger partial charge is 0.382 e. The third-order valence-electron chi connectivity index (χ3n) is 4.24. The van der Waals surface area contributed by atoms with Crippen molar-refractivity contribution in [3.8, 4) is 0 Å². The van der Waals surface area contributed by atoms with Crippen LogP contribution in [0.5, 0.6) is 0 Å². The zero-order valence-corrected chi connectivity index (χ0v) is 13.4. The minimum Gasteiger partial charge on any atom is -0.382 e. The highest BCUT2D eigenvalue weighted by Gasteiger charge is 2.30. The van der Waals surface area contributed by atoms with E-state index in [4.69, 9.17) is 0 Å². The Balaban J connectivity index is 1.47. The van der Waals surface area contributed by atoms with Gasteiger partial charge in [-0.3, -0.25) is 4.79 Å². The van der Waals surface area contributed by atoms with E-state index < -0.39 is 0 Å². The summed E-state index contributed by atoms with van der Waals surface area (Å²) in [5, 5.41) is 15.7. The van der Waals surface area contributed by atoms with Crippen molar-refractivity contribution in [2.75, 3.05) is 23.3 Å². The predicted octanol–water partition coefficient (Wildman–Crippen LogP) is 1.90. The fourth-order valence-corrected chi connectivity index (χ4v) is 3.11. The zero-order valence-electron chi connectivity index (χ0n) is 13.4. The van der Waals surface area contributed by atoms with Gasteiger partial charge < -0.3 is 10.2 Å². The highest BCUT2D eigenvalue weighted by molar-refractivity contribution is 5.95. The van der Waals surface area contributed by atoms with Gasteiger partial charge in [0.1, 0.15) is 6.33 Å². The molecule has 0 spiro atoms. The normalized spacial score (nSPS) is 17.6. The number of amides is 1. The van der Waals surface area contributed by atoms with E-state index >= 15 is 0 Å². The van der Waals surface area contributed by atoms with Crippen LogP contribution in [0.3, 0.4) is 0 Å². The molecule has 1 aliphatic rings. The number of aryl methyl sites for hydroxylation is 1. The van der Waals surface area contributed by atoms with E-state index in [1.165, 1.54) is 0 Å². The lowest BCUT2D eigenvalue weighted by atomic mass is 10.1. The topological polar surface area (TPSA) is 75.4 Å². The summed E-state index contributed by atoms with van der Waals surface area (Å²) in [7, 11) is 0. The number of carbonyl (C=O) groups is 1. The van der Waals surface area contributed by atoms with Crippen LogP contribution in [0.2, 0.25) is 0 Å². The lowest BCUT2D eigenvalue weighted by Crippen LogP contribution is -2.25. The van der Waals surface area contributed by atoms with Crippen LogP contribution < -0.4 is 10.2 Å². The summed E-state index contributed by atoms with van der Waals surface area (Å²) in [5.41, 5.74) is 3.44. The molecule has 1 N–H and O–H groups in total. The smallest absolute Gasteiger partial charge is 0.227 e. The second kappa shape index (κ2) is 5.92. The van der Waals surface area contributed by atoms with Crippen molar-refractivity contribution < 1.29 is 4.79 Å². The zero-order chi connectivity index (χ0) is 16.5. The molecule has 3 aromatic rings. The molecule has 1 aromatic carbocycles. The van der Waals surface area contributed by atoms with Gasteiger partial charge in [0.05, 0.1) is 11.4 Å². The monoisotopic (exact) mass is 322 g/mol. The standard InChI is InChI=1S/C17H18N6O/c1-12-7-15(17-20-19-11-23(17)21-12)18-9-13-8-16(24)22(10-13)14-5-3-2-4-6-14/h2-7,11,13,18H,8-10H2,1H3. The first kappa shape index (κ1) is 14.6. The minimum absolute atomic E-state index is 0.173.